The van der Waals surface area contributed by atoms with E-state index in [2.05, 4.69) is 5.32 Å². The Morgan fingerprint density at radius 3 is 2.44 bits per heavy atom. The summed E-state index contributed by atoms with van der Waals surface area (Å²) in [5, 5.41) is 2.97. The van der Waals surface area contributed by atoms with Crippen molar-refractivity contribution in [2.24, 2.45) is 11.8 Å². The van der Waals surface area contributed by atoms with Crippen molar-refractivity contribution in [1.82, 2.24) is 9.80 Å². The van der Waals surface area contributed by atoms with Crippen LogP contribution >= 0.6 is 0 Å². The van der Waals surface area contributed by atoms with Gasteiger partial charge < -0.3 is 29.3 Å². The van der Waals surface area contributed by atoms with Crippen LogP contribution in [0.2, 0.25) is 0 Å². The summed E-state index contributed by atoms with van der Waals surface area (Å²) in [7, 11) is 3.36. The van der Waals surface area contributed by atoms with Gasteiger partial charge >= 0.3 is 0 Å². The lowest BCUT2D eigenvalue weighted by atomic mass is 9.99. The predicted octanol–water partition coefficient (Wildman–Crippen LogP) is 3.70. The minimum absolute atomic E-state index is 0.0398. The Labute approximate surface area is 230 Å². The lowest BCUT2D eigenvalue weighted by molar-refractivity contribution is -0.122. The molecule has 2 aliphatic rings. The first-order valence-corrected chi connectivity index (χ1v) is 13.6. The number of anilines is 1. The minimum Gasteiger partial charge on any atom is -0.491 e. The zero-order valence-corrected chi connectivity index (χ0v) is 23.2. The van der Waals surface area contributed by atoms with Gasteiger partial charge in [-0.3, -0.25) is 14.4 Å². The maximum atomic E-state index is 13.6. The maximum Gasteiger partial charge on any atom is 0.257 e. The highest BCUT2D eigenvalue weighted by atomic mass is 16.5. The summed E-state index contributed by atoms with van der Waals surface area (Å²) >= 11 is 0. The molecule has 0 spiro atoms. The number of nitrogens with zero attached hydrogens (tertiary/aromatic N) is 2. The van der Waals surface area contributed by atoms with Gasteiger partial charge in [0.15, 0.2) is 0 Å². The molecule has 2 aliphatic heterocycles. The van der Waals surface area contributed by atoms with Crippen molar-refractivity contribution in [1.29, 1.82) is 0 Å². The van der Waals surface area contributed by atoms with Gasteiger partial charge in [-0.05, 0) is 44.0 Å². The molecule has 2 aromatic rings. The second kappa shape index (κ2) is 13.1. The summed E-state index contributed by atoms with van der Waals surface area (Å²) in [5.41, 5.74) is 1.54. The Kier molecular flexibility index (Phi) is 9.59. The molecular formula is C30H39N3O6. The second-order valence-electron chi connectivity index (χ2n) is 10.5. The van der Waals surface area contributed by atoms with E-state index in [9.17, 15) is 14.4 Å². The van der Waals surface area contributed by atoms with E-state index in [-0.39, 0.29) is 48.3 Å². The molecule has 210 valence electrons. The number of hydrogen-bond donors (Lipinski definition) is 1. The van der Waals surface area contributed by atoms with Crippen LogP contribution in [0, 0.1) is 11.8 Å². The number of fused-ring (bicyclic) bond motifs is 1. The SMILES string of the molecule is CO[C@H]1CN(C)C(=O)c2ccc(NC(=O)C3CCOCC3)cc2OC[C@@H](C)N(C(=O)c2ccccc2)C[C@H]1C. The molecule has 2 aromatic carbocycles. The molecule has 9 heteroatoms. The van der Waals surface area contributed by atoms with Gasteiger partial charge in [0.1, 0.15) is 12.4 Å². The fourth-order valence-corrected chi connectivity index (χ4v) is 5.08. The number of benzene rings is 2. The number of amides is 3. The quantitative estimate of drug-likeness (QED) is 0.639. The van der Waals surface area contributed by atoms with Crippen molar-refractivity contribution in [2.75, 3.05) is 52.4 Å². The van der Waals surface area contributed by atoms with Gasteiger partial charge in [-0.25, -0.2) is 0 Å². The Morgan fingerprint density at radius 2 is 1.74 bits per heavy atom. The standard InChI is InChI=1S/C30H39N3O6/c1-20-17-33(29(35)23-8-6-5-7-9-23)21(2)19-39-26-16-24(31-28(34)22-12-14-38-15-13-22)10-11-25(26)30(36)32(3)18-27(20)37-4/h5-11,16,20-22,27H,12-15,17-19H2,1-4H3,(H,31,34)/t20-,21-,27+/m1/s1. The molecule has 0 radical (unpaired) electrons. The van der Waals surface area contributed by atoms with Gasteiger partial charge in [-0.1, -0.05) is 25.1 Å². The number of likely N-dealkylation sites (N-methyl/N-ethyl adjacent to an activating group) is 1. The average molecular weight is 538 g/mol. The Hall–Kier alpha value is -3.43. The number of methoxy groups -OCH3 is 1. The third kappa shape index (κ3) is 6.96. The highest BCUT2D eigenvalue weighted by Crippen LogP contribution is 2.28. The molecule has 4 rings (SSSR count). The van der Waals surface area contributed by atoms with Crippen LogP contribution in [-0.2, 0) is 14.3 Å². The molecule has 9 nitrogen and oxygen atoms in total. The molecule has 0 aromatic heterocycles. The zero-order valence-electron chi connectivity index (χ0n) is 23.2. The molecular weight excluding hydrogens is 498 g/mol. The van der Waals surface area contributed by atoms with E-state index < -0.39 is 0 Å². The second-order valence-corrected chi connectivity index (χ2v) is 10.5. The molecule has 2 heterocycles. The van der Waals surface area contributed by atoms with Crippen LogP contribution < -0.4 is 10.1 Å². The lowest BCUT2D eigenvalue weighted by Gasteiger charge is -2.36. The average Bonchev–Trinajstić information content (AvgIpc) is 2.97. The molecule has 0 saturated carbocycles. The Balaban J connectivity index is 1.63. The smallest absolute Gasteiger partial charge is 0.257 e. The van der Waals surface area contributed by atoms with Crippen molar-refractivity contribution in [3.8, 4) is 5.75 Å². The highest BCUT2D eigenvalue weighted by molar-refractivity contribution is 5.99. The summed E-state index contributed by atoms with van der Waals surface area (Å²) in [5.74, 6) is -0.154. The molecule has 1 saturated heterocycles. The first-order chi connectivity index (χ1) is 18.8. The largest absolute Gasteiger partial charge is 0.491 e. The molecule has 3 atom stereocenters. The first-order valence-electron chi connectivity index (χ1n) is 13.6. The van der Waals surface area contributed by atoms with Gasteiger partial charge in [0, 0.05) is 69.6 Å². The van der Waals surface area contributed by atoms with Crippen molar-refractivity contribution in [3.63, 3.8) is 0 Å². The van der Waals surface area contributed by atoms with E-state index in [1.165, 1.54) is 0 Å². The fraction of sp³-hybridized carbons (Fsp3) is 0.500. The summed E-state index contributed by atoms with van der Waals surface area (Å²) < 4.78 is 17.4. The zero-order chi connectivity index (χ0) is 27.9. The minimum atomic E-state index is -0.293. The molecule has 3 amide bonds. The van der Waals surface area contributed by atoms with Crippen molar-refractivity contribution >= 4 is 23.4 Å². The van der Waals surface area contributed by atoms with Gasteiger partial charge in [-0.15, -0.1) is 0 Å². The monoisotopic (exact) mass is 537 g/mol. The lowest BCUT2D eigenvalue weighted by Crippen LogP contribution is -2.48. The predicted molar refractivity (Wildman–Crippen MR) is 148 cm³/mol. The summed E-state index contributed by atoms with van der Waals surface area (Å²) in [6.07, 6.45) is 1.08. The normalized spacial score (nSPS) is 23.2. The Bertz CT molecular complexity index is 1150. The third-order valence-corrected chi connectivity index (χ3v) is 7.59. The van der Waals surface area contributed by atoms with Crippen LogP contribution in [0.5, 0.6) is 5.75 Å². The van der Waals surface area contributed by atoms with Gasteiger partial charge in [0.2, 0.25) is 5.91 Å². The Morgan fingerprint density at radius 1 is 1.03 bits per heavy atom. The summed E-state index contributed by atoms with van der Waals surface area (Å²) in [6, 6.07) is 14.0. The molecule has 0 unspecified atom stereocenters. The van der Waals surface area contributed by atoms with E-state index in [0.29, 0.717) is 61.7 Å². The maximum absolute atomic E-state index is 13.6. The number of ether oxygens (including phenoxy) is 3. The van der Waals surface area contributed by atoms with Gasteiger partial charge in [-0.2, -0.15) is 0 Å². The van der Waals surface area contributed by atoms with Crippen LogP contribution in [0.15, 0.2) is 48.5 Å². The summed E-state index contributed by atoms with van der Waals surface area (Å²) in [4.78, 5) is 43.3. The van der Waals surface area contributed by atoms with Crippen LogP contribution in [0.25, 0.3) is 0 Å². The van der Waals surface area contributed by atoms with Crippen molar-refractivity contribution < 1.29 is 28.6 Å². The first kappa shape index (κ1) is 28.6. The molecule has 0 bridgehead atoms. The molecule has 1 N–H and O–H groups in total. The van der Waals surface area contributed by atoms with Gasteiger partial charge in [0.05, 0.1) is 17.7 Å². The molecule has 0 aliphatic carbocycles. The van der Waals surface area contributed by atoms with Crippen LogP contribution in [0.3, 0.4) is 0 Å². The number of hydrogen-bond acceptors (Lipinski definition) is 6. The van der Waals surface area contributed by atoms with Crippen LogP contribution in [0.4, 0.5) is 5.69 Å². The van der Waals surface area contributed by atoms with E-state index in [0.717, 1.165) is 0 Å². The number of carbonyl (C=O) groups excluding carboxylic acids is 3. The third-order valence-electron chi connectivity index (χ3n) is 7.59. The van der Waals surface area contributed by atoms with Crippen molar-refractivity contribution in [2.45, 2.75) is 38.8 Å². The summed E-state index contributed by atoms with van der Waals surface area (Å²) in [6.45, 7) is 6.06. The topological polar surface area (TPSA) is 97.4 Å². The van der Waals surface area contributed by atoms with Crippen LogP contribution in [-0.4, -0.2) is 86.7 Å². The molecule has 39 heavy (non-hydrogen) atoms. The van der Waals surface area contributed by atoms with Crippen molar-refractivity contribution in [3.05, 3.63) is 59.7 Å². The number of rotatable bonds is 4. The number of carbonyl (C=O) groups is 3. The fourth-order valence-electron chi connectivity index (χ4n) is 5.08. The highest BCUT2D eigenvalue weighted by Gasteiger charge is 2.31. The van der Waals surface area contributed by atoms with E-state index in [1.807, 2.05) is 36.9 Å². The van der Waals surface area contributed by atoms with Gasteiger partial charge in [0.25, 0.3) is 11.8 Å². The van der Waals surface area contributed by atoms with E-state index >= 15 is 0 Å². The van der Waals surface area contributed by atoms with E-state index in [4.69, 9.17) is 14.2 Å². The van der Waals surface area contributed by atoms with Crippen LogP contribution in [0.1, 0.15) is 47.4 Å². The van der Waals surface area contributed by atoms with E-state index in [1.54, 1.807) is 49.4 Å². The number of nitrogens with one attached hydrogen (secondary N) is 1. The molecule has 1 fully saturated rings.